The second kappa shape index (κ2) is 6.54. The van der Waals surface area contributed by atoms with Gasteiger partial charge in [-0.25, -0.2) is 0 Å². The average molecular weight is 249 g/mol. The Morgan fingerprint density at radius 2 is 1.94 bits per heavy atom. The molecule has 3 atom stereocenters. The molecule has 2 fully saturated rings. The van der Waals surface area contributed by atoms with Gasteiger partial charge in [-0.3, -0.25) is 4.90 Å². The molecule has 1 saturated heterocycles. The summed E-state index contributed by atoms with van der Waals surface area (Å²) < 4.78 is 0. The molecule has 0 radical (unpaired) electrons. The van der Waals surface area contributed by atoms with Gasteiger partial charge in [-0.15, -0.1) is 0 Å². The Balaban J connectivity index is 1.97. The van der Waals surface area contributed by atoms with E-state index in [-0.39, 0.29) is 5.92 Å². The molecule has 0 spiro atoms. The number of nitrogens with one attached hydrogen (secondary N) is 1. The van der Waals surface area contributed by atoms with Gasteiger partial charge < -0.3 is 5.32 Å². The van der Waals surface area contributed by atoms with Crippen molar-refractivity contribution in [3.63, 3.8) is 0 Å². The summed E-state index contributed by atoms with van der Waals surface area (Å²) in [5.41, 5.74) is 0. The van der Waals surface area contributed by atoms with Gasteiger partial charge >= 0.3 is 0 Å². The third-order valence-corrected chi connectivity index (χ3v) is 4.38. The van der Waals surface area contributed by atoms with Crippen molar-refractivity contribution in [2.24, 2.45) is 5.92 Å². The Labute approximate surface area is 112 Å². The van der Waals surface area contributed by atoms with Gasteiger partial charge in [0.2, 0.25) is 0 Å². The van der Waals surface area contributed by atoms with Crippen LogP contribution in [0.15, 0.2) is 0 Å². The minimum absolute atomic E-state index is 0.264. The zero-order valence-electron chi connectivity index (χ0n) is 11.9. The zero-order chi connectivity index (χ0) is 13.0. The summed E-state index contributed by atoms with van der Waals surface area (Å²) in [7, 11) is 0. The van der Waals surface area contributed by atoms with E-state index >= 15 is 0 Å². The molecular formula is C15H27N3. The quantitative estimate of drug-likeness (QED) is 0.835. The number of nitriles is 1. The lowest BCUT2D eigenvalue weighted by Crippen LogP contribution is -2.55. The van der Waals surface area contributed by atoms with E-state index in [1.807, 2.05) is 0 Å². The molecule has 1 heterocycles. The molecule has 3 heteroatoms. The van der Waals surface area contributed by atoms with Crippen LogP contribution in [0, 0.1) is 17.2 Å². The molecule has 0 aromatic heterocycles. The monoisotopic (exact) mass is 249 g/mol. The maximum atomic E-state index is 9.13. The fourth-order valence-corrected chi connectivity index (χ4v) is 3.58. The number of rotatable bonds is 3. The minimum atomic E-state index is 0.264. The van der Waals surface area contributed by atoms with Gasteiger partial charge in [-0.05, 0) is 32.2 Å². The normalized spacial score (nSPS) is 34.4. The maximum absolute atomic E-state index is 9.13. The van der Waals surface area contributed by atoms with Crippen LogP contribution < -0.4 is 5.32 Å². The van der Waals surface area contributed by atoms with Crippen molar-refractivity contribution < 1.29 is 0 Å². The van der Waals surface area contributed by atoms with Crippen LogP contribution in [0.25, 0.3) is 0 Å². The van der Waals surface area contributed by atoms with Gasteiger partial charge in [0.1, 0.15) is 0 Å². The highest BCUT2D eigenvalue weighted by Gasteiger charge is 2.33. The fraction of sp³-hybridized carbons (Fsp3) is 0.933. The number of nitrogens with zero attached hydrogens (tertiary/aromatic N) is 2. The van der Waals surface area contributed by atoms with Crippen molar-refractivity contribution in [2.45, 2.75) is 70.5 Å². The van der Waals surface area contributed by atoms with E-state index in [0.29, 0.717) is 18.1 Å². The van der Waals surface area contributed by atoms with Crippen LogP contribution in [0.5, 0.6) is 0 Å². The van der Waals surface area contributed by atoms with E-state index < -0.39 is 0 Å². The summed E-state index contributed by atoms with van der Waals surface area (Å²) in [6.45, 7) is 6.66. The summed E-state index contributed by atoms with van der Waals surface area (Å²) in [6, 6.07) is 4.33. The molecule has 3 nitrogen and oxygen atoms in total. The molecule has 0 amide bonds. The molecule has 0 aromatic carbocycles. The highest BCUT2D eigenvalue weighted by Crippen LogP contribution is 2.27. The fourth-order valence-electron chi connectivity index (χ4n) is 3.58. The smallest absolute Gasteiger partial charge is 0.0669 e. The van der Waals surface area contributed by atoms with E-state index in [1.165, 1.54) is 38.6 Å². The third kappa shape index (κ3) is 3.46. The van der Waals surface area contributed by atoms with E-state index in [1.54, 1.807) is 0 Å². The summed E-state index contributed by atoms with van der Waals surface area (Å²) >= 11 is 0. The molecule has 1 aliphatic carbocycles. The van der Waals surface area contributed by atoms with Crippen molar-refractivity contribution >= 4 is 0 Å². The molecule has 0 bridgehead atoms. The van der Waals surface area contributed by atoms with Gasteiger partial charge in [0.05, 0.1) is 12.0 Å². The Morgan fingerprint density at radius 1 is 1.17 bits per heavy atom. The zero-order valence-corrected chi connectivity index (χ0v) is 11.9. The van der Waals surface area contributed by atoms with Gasteiger partial charge in [0.15, 0.2) is 0 Å². The lowest BCUT2D eigenvalue weighted by atomic mass is 9.86. The number of likely N-dealkylation sites (tertiary alicyclic amines) is 1. The Hall–Kier alpha value is -0.590. The molecule has 102 valence electrons. The Kier molecular flexibility index (Phi) is 5.03. The van der Waals surface area contributed by atoms with Crippen LogP contribution in [-0.4, -0.2) is 36.1 Å². The highest BCUT2D eigenvalue weighted by atomic mass is 15.2. The number of hydrogen-bond acceptors (Lipinski definition) is 3. The molecule has 1 saturated carbocycles. The first kappa shape index (κ1) is 13.8. The van der Waals surface area contributed by atoms with Gasteiger partial charge in [-0.2, -0.15) is 5.26 Å². The average Bonchev–Trinajstić information content (AvgIpc) is 2.39. The molecule has 0 unspecified atom stereocenters. The summed E-state index contributed by atoms with van der Waals surface area (Å²) in [5, 5.41) is 12.9. The summed E-state index contributed by atoms with van der Waals surface area (Å²) in [4.78, 5) is 2.59. The van der Waals surface area contributed by atoms with E-state index in [0.717, 1.165) is 13.0 Å². The molecule has 2 aliphatic rings. The second-order valence-corrected chi connectivity index (χ2v) is 6.24. The minimum Gasteiger partial charge on any atom is -0.310 e. The van der Waals surface area contributed by atoms with E-state index in [4.69, 9.17) is 5.26 Å². The van der Waals surface area contributed by atoms with Gasteiger partial charge in [0, 0.05) is 24.7 Å². The summed E-state index contributed by atoms with van der Waals surface area (Å²) in [5.74, 6) is 0.264. The van der Waals surface area contributed by atoms with Crippen molar-refractivity contribution in [1.29, 1.82) is 5.26 Å². The molecule has 2 rings (SSSR count). The van der Waals surface area contributed by atoms with Crippen molar-refractivity contribution in [3.05, 3.63) is 0 Å². The number of hydrogen-bond donors (Lipinski definition) is 1. The second-order valence-electron chi connectivity index (χ2n) is 6.24. The Morgan fingerprint density at radius 3 is 2.67 bits per heavy atom. The molecule has 0 aromatic rings. The van der Waals surface area contributed by atoms with Crippen LogP contribution in [0.1, 0.15) is 52.4 Å². The first-order chi connectivity index (χ1) is 8.70. The van der Waals surface area contributed by atoms with Gasteiger partial charge in [0.25, 0.3) is 0 Å². The third-order valence-electron chi connectivity index (χ3n) is 4.38. The first-order valence-corrected chi connectivity index (χ1v) is 7.60. The van der Waals surface area contributed by atoms with E-state index in [9.17, 15) is 0 Å². The molecular weight excluding hydrogens is 222 g/mol. The van der Waals surface area contributed by atoms with Crippen LogP contribution in [0.4, 0.5) is 0 Å². The Bertz CT molecular complexity index is 295. The lowest BCUT2D eigenvalue weighted by molar-refractivity contribution is 0.0846. The van der Waals surface area contributed by atoms with Crippen LogP contribution >= 0.6 is 0 Å². The van der Waals surface area contributed by atoms with Crippen molar-refractivity contribution in [3.8, 4) is 6.07 Å². The first-order valence-electron chi connectivity index (χ1n) is 7.60. The highest BCUT2D eigenvalue weighted by molar-refractivity contribution is 4.95. The van der Waals surface area contributed by atoms with E-state index in [2.05, 4.69) is 30.1 Å². The standard InChI is InChI=1S/C15H27N3/c1-12(2)17-14-7-3-4-8-15(14)18-9-5-6-13(10-16)11-18/h12-15,17H,3-9,11H2,1-2H3/t13-,14-,15-/m0/s1. The molecule has 1 N–H and O–H groups in total. The maximum Gasteiger partial charge on any atom is 0.0669 e. The van der Waals surface area contributed by atoms with Crippen molar-refractivity contribution in [2.75, 3.05) is 13.1 Å². The molecule has 18 heavy (non-hydrogen) atoms. The summed E-state index contributed by atoms with van der Waals surface area (Å²) in [6.07, 6.45) is 7.62. The van der Waals surface area contributed by atoms with Crippen LogP contribution in [0.2, 0.25) is 0 Å². The SMILES string of the molecule is CC(C)N[C@H]1CCCC[C@@H]1N1CCC[C@@H](C#N)C1. The van der Waals surface area contributed by atoms with Gasteiger partial charge in [-0.1, -0.05) is 26.7 Å². The van der Waals surface area contributed by atoms with Crippen LogP contribution in [-0.2, 0) is 0 Å². The predicted octanol–water partition coefficient (Wildman–Crippen LogP) is 2.53. The molecule has 1 aliphatic heterocycles. The number of piperidine rings is 1. The largest absolute Gasteiger partial charge is 0.310 e. The predicted molar refractivity (Wildman–Crippen MR) is 74.2 cm³/mol. The van der Waals surface area contributed by atoms with Crippen LogP contribution in [0.3, 0.4) is 0 Å². The topological polar surface area (TPSA) is 39.1 Å². The van der Waals surface area contributed by atoms with Crippen molar-refractivity contribution in [1.82, 2.24) is 10.2 Å². The lowest BCUT2D eigenvalue weighted by Gasteiger charge is -2.43.